The maximum absolute atomic E-state index is 12.2. The van der Waals surface area contributed by atoms with Crippen molar-refractivity contribution in [3.63, 3.8) is 0 Å². The van der Waals surface area contributed by atoms with Gasteiger partial charge in [-0.15, -0.1) is 0 Å². The zero-order valence-corrected chi connectivity index (χ0v) is 22.0. The Labute approximate surface area is 231 Å². The van der Waals surface area contributed by atoms with E-state index in [9.17, 15) is 14.7 Å². The number of anilines is 2. The van der Waals surface area contributed by atoms with E-state index in [-0.39, 0.29) is 12.5 Å². The maximum Gasteiger partial charge on any atom is 0.407 e. The molecule has 1 aromatic carbocycles. The van der Waals surface area contributed by atoms with Crippen LogP contribution in [0.2, 0.25) is 0 Å². The van der Waals surface area contributed by atoms with Gasteiger partial charge in [0.1, 0.15) is 17.2 Å². The number of nitrogens with zero attached hydrogens (tertiary/aromatic N) is 7. The van der Waals surface area contributed by atoms with Gasteiger partial charge in [-0.05, 0) is 48.4 Å². The molecule has 2 aliphatic heterocycles. The van der Waals surface area contributed by atoms with Crippen molar-refractivity contribution in [2.24, 2.45) is 0 Å². The minimum Gasteiger partial charge on any atom is -0.465 e. The molecule has 2 aliphatic rings. The van der Waals surface area contributed by atoms with Crippen LogP contribution in [0.1, 0.15) is 12.0 Å². The molecule has 0 bridgehead atoms. The Morgan fingerprint density at radius 1 is 1.00 bits per heavy atom. The van der Waals surface area contributed by atoms with Crippen molar-refractivity contribution in [1.29, 1.82) is 0 Å². The van der Waals surface area contributed by atoms with Gasteiger partial charge in [-0.2, -0.15) is 0 Å². The van der Waals surface area contributed by atoms with Gasteiger partial charge >= 0.3 is 6.09 Å². The van der Waals surface area contributed by atoms with Gasteiger partial charge in [0.05, 0.1) is 12.1 Å². The number of nitrogens with one attached hydrogen (secondary N) is 1. The fourth-order valence-corrected chi connectivity index (χ4v) is 5.26. The SMILES string of the molecule is Nc1ncccc1-c1nc2ccc(N3CCCNC(=O)C3)nc2n1-c1ccc(CN2CCN(C(=O)O)CC2)cc1. The van der Waals surface area contributed by atoms with Crippen molar-refractivity contribution in [3.8, 4) is 17.1 Å². The van der Waals surface area contributed by atoms with E-state index in [0.29, 0.717) is 66.9 Å². The number of carbonyl (C=O) groups is 2. The molecule has 0 radical (unpaired) electrons. The lowest BCUT2D eigenvalue weighted by atomic mass is 10.1. The first kappa shape index (κ1) is 25.6. The van der Waals surface area contributed by atoms with Crippen LogP contribution in [-0.4, -0.2) is 92.2 Å². The van der Waals surface area contributed by atoms with Gasteiger partial charge in [-0.25, -0.2) is 19.7 Å². The van der Waals surface area contributed by atoms with Crippen LogP contribution in [0, 0.1) is 0 Å². The minimum absolute atomic E-state index is 0.0170. The van der Waals surface area contributed by atoms with Crippen molar-refractivity contribution >= 4 is 34.8 Å². The van der Waals surface area contributed by atoms with Gasteiger partial charge in [-0.1, -0.05) is 12.1 Å². The van der Waals surface area contributed by atoms with Gasteiger partial charge in [-0.3, -0.25) is 14.3 Å². The topological polar surface area (TPSA) is 146 Å². The molecule has 12 nitrogen and oxygen atoms in total. The number of imidazole rings is 1. The summed E-state index contributed by atoms with van der Waals surface area (Å²) >= 11 is 0. The molecule has 2 amide bonds. The van der Waals surface area contributed by atoms with Crippen LogP contribution in [-0.2, 0) is 11.3 Å². The zero-order valence-electron chi connectivity index (χ0n) is 22.0. The van der Waals surface area contributed by atoms with Crippen LogP contribution in [0.5, 0.6) is 0 Å². The van der Waals surface area contributed by atoms with E-state index in [0.717, 1.165) is 30.8 Å². The second-order valence-electron chi connectivity index (χ2n) is 10.1. The molecular formula is C28H31N9O3. The fraction of sp³-hybridized carbons (Fsp3) is 0.321. The van der Waals surface area contributed by atoms with Crippen LogP contribution in [0.15, 0.2) is 54.7 Å². The van der Waals surface area contributed by atoms with Crippen LogP contribution < -0.4 is 16.0 Å². The molecule has 2 saturated heterocycles. The monoisotopic (exact) mass is 541 g/mol. The van der Waals surface area contributed by atoms with Crippen molar-refractivity contribution < 1.29 is 14.7 Å². The normalized spacial score (nSPS) is 16.6. The van der Waals surface area contributed by atoms with Crippen molar-refractivity contribution in [2.75, 3.05) is 56.4 Å². The van der Waals surface area contributed by atoms with Gasteiger partial charge in [0.15, 0.2) is 11.5 Å². The number of nitrogens with two attached hydrogens (primary N) is 1. The molecule has 0 atom stereocenters. The summed E-state index contributed by atoms with van der Waals surface area (Å²) in [5.74, 6) is 1.71. The molecule has 6 rings (SSSR count). The predicted octanol–water partition coefficient (Wildman–Crippen LogP) is 2.19. The summed E-state index contributed by atoms with van der Waals surface area (Å²) in [6.45, 7) is 4.79. The molecule has 206 valence electrons. The Balaban J connectivity index is 1.35. The number of nitrogen functional groups attached to an aromatic ring is 1. The second-order valence-corrected chi connectivity index (χ2v) is 10.1. The molecule has 5 heterocycles. The second kappa shape index (κ2) is 10.8. The third-order valence-corrected chi connectivity index (χ3v) is 7.40. The number of pyridine rings is 2. The Morgan fingerprint density at radius 2 is 1.80 bits per heavy atom. The molecular weight excluding hydrogens is 510 g/mol. The molecule has 3 aromatic heterocycles. The van der Waals surface area contributed by atoms with Crippen LogP contribution in [0.3, 0.4) is 0 Å². The highest BCUT2D eigenvalue weighted by atomic mass is 16.4. The lowest BCUT2D eigenvalue weighted by Gasteiger charge is -2.33. The molecule has 4 aromatic rings. The fourth-order valence-electron chi connectivity index (χ4n) is 5.26. The quantitative estimate of drug-likeness (QED) is 0.346. The first-order chi connectivity index (χ1) is 19.5. The predicted molar refractivity (Wildman–Crippen MR) is 151 cm³/mol. The van der Waals surface area contributed by atoms with E-state index in [4.69, 9.17) is 15.7 Å². The number of rotatable bonds is 5. The van der Waals surface area contributed by atoms with Gasteiger partial charge < -0.3 is 26.0 Å². The largest absolute Gasteiger partial charge is 0.465 e. The third kappa shape index (κ3) is 5.13. The van der Waals surface area contributed by atoms with Crippen molar-refractivity contribution in [2.45, 2.75) is 13.0 Å². The average molecular weight is 542 g/mol. The van der Waals surface area contributed by atoms with Gasteiger partial charge in [0.2, 0.25) is 5.91 Å². The summed E-state index contributed by atoms with van der Waals surface area (Å²) in [5, 5.41) is 12.1. The zero-order chi connectivity index (χ0) is 27.6. The number of carbonyl (C=O) groups excluding carboxylic acids is 1. The number of hydrogen-bond donors (Lipinski definition) is 3. The molecule has 0 unspecified atom stereocenters. The summed E-state index contributed by atoms with van der Waals surface area (Å²) in [5.41, 5.74) is 10.4. The third-order valence-electron chi connectivity index (χ3n) is 7.40. The number of amides is 2. The van der Waals surface area contributed by atoms with E-state index in [2.05, 4.69) is 27.3 Å². The van der Waals surface area contributed by atoms with Crippen LogP contribution in [0.4, 0.5) is 16.4 Å². The summed E-state index contributed by atoms with van der Waals surface area (Å²) in [6.07, 6.45) is 1.63. The maximum atomic E-state index is 12.2. The van der Waals surface area contributed by atoms with E-state index in [1.54, 1.807) is 6.20 Å². The summed E-state index contributed by atoms with van der Waals surface area (Å²) in [6, 6.07) is 15.8. The molecule has 2 fully saturated rings. The molecule has 0 saturated carbocycles. The number of benzene rings is 1. The number of hydrogen-bond acceptors (Lipinski definition) is 8. The van der Waals surface area contributed by atoms with E-state index in [1.165, 1.54) is 4.90 Å². The van der Waals surface area contributed by atoms with Gasteiger partial charge in [0, 0.05) is 57.7 Å². The standard InChI is InChI=1S/C28H31N9O3/c29-25-21(3-1-10-31-25)26-32-22-8-9-23(36-12-2-11-30-24(38)18-36)33-27(22)37(26)20-6-4-19(5-7-20)17-34-13-15-35(16-14-34)28(39)40/h1,3-10H,2,11-18H2,(H2,29,31)(H,30,38)(H,39,40). The lowest BCUT2D eigenvalue weighted by molar-refractivity contribution is -0.119. The highest BCUT2D eigenvalue weighted by Crippen LogP contribution is 2.31. The number of fused-ring (bicyclic) bond motifs is 1. The Bertz CT molecular complexity index is 1540. The number of aromatic nitrogens is 4. The van der Waals surface area contributed by atoms with E-state index in [1.807, 2.05) is 45.9 Å². The highest BCUT2D eigenvalue weighted by molar-refractivity contribution is 5.85. The van der Waals surface area contributed by atoms with Crippen LogP contribution >= 0.6 is 0 Å². The van der Waals surface area contributed by atoms with Gasteiger partial charge in [0.25, 0.3) is 0 Å². The minimum atomic E-state index is -0.863. The molecule has 0 spiro atoms. The number of piperazine rings is 1. The molecule has 12 heteroatoms. The highest BCUT2D eigenvalue weighted by Gasteiger charge is 2.23. The first-order valence-corrected chi connectivity index (χ1v) is 13.4. The smallest absolute Gasteiger partial charge is 0.407 e. The lowest BCUT2D eigenvalue weighted by Crippen LogP contribution is -2.47. The Kier molecular flexibility index (Phi) is 6.91. The Morgan fingerprint density at radius 3 is 2.55 bits per heavy atom. The van der Waals surface area contributed by atoms with E-state index < -0.39 is 6.09 Å². The van der Waals surface area contributed by atoms with Crippen LogP contribution in [0.25, 0.3) is 28.2 Å². The molecule has 0 aliphatic carbocycles. The average Bonchev–Trinajstić information content (AvgIpc) is 3.19. The Hall–Kier alpha value is -4.71. The first-order valence-electron chi connectivity index (χ1n) is 13.4. The van der Waals surface area contributed by atoms with Crippen molar-refractivity contribution in [3.05, 3.63) is 60.3 Å². The van der Waals surface area contributed by atoms with Crippen molar-refractivity contribution in [1.82, 2.24) is 34.6 Å². The molecule has 4 N–H and O–H groups in total. The summed E-state index contributed by atoms with van der Waals surface area (Å²) in [7, 11) is 0. The summed E-state index contributed by atoms with van der Waals surface area (Å²) in [4.78, 5) is 43.3. The number of carboxylic acid groups (broad SMARTS) is 1. The van der Waals surface area contributed by atoms with E-state index >= 15 is 0 Å². The summed E-state index contributed by atoms with van der Waals surface area (Å²) < 4.78 is 1.99. The molecule has 40 heavy (non-hydrogen) atoms.